The molecule has 2 aromatic heterocycles. The van der Waals surface area contributed by atoms with Gasteiger partial charge >= 0.3 is 0 Å². The molecular formula is C20H23ClF2N6O. The summed E-state index contributed by atoms with van der Waals surface area (Å²) < 4.78 is 36.5. The molecule has 0 aliphatic carbocycles. The molecule has 30 heavy (non-hydrogen) atoms. The number of hydrogen-bond donors (Lipinski definition) is 2. The van der Waals surface area contributed by atoms with Gasteiger partial charge in [0.05, 0.1) is 42.6 Å². The molecule has 3 N–H and O–H groups in total. The summed E-state index contributed by atoms with van der Waals surface area (Å²) in [6.45, 7) is 0.381. The first-order valence-corrected chi connectivity index (χ1v) is 9.86. The van der Waals surface area contributed by atoms with Crippen molar-refractivity contribution in [2.45, 2.75) is 18.5 Å². The largest absolute Gasteiger partial charge is 0.399 e. The number of rotatable bonds is 6. The first-order valence-electron chi connectivity index (χ1n) is 9.48. The highest BCUT2D eigenvalue weighted by Crippen LogP contribution is 2.40. The maximum atomic E-state index is 15.0. The van der Waals surface area contributed by atoms with E-state index < -0.39 is 12.0 Å². The Morgan fingerprint density at radius 2 is 2.23 bits per heavy atom. The minimum Gasteiger partial charge on any atom is -0.399 e. The molecule has 1 unspecified atom stereocenters. The molecule has 1 atom stereocenters. The van der Waals surface area contributed by atoms with E-state index in [0.29, 0.717) is 38.5 Å². The summed E-state index contributed by atoms with van der Waals surface area (Å²) in [7, 11) is 3.23. The lowest BCUT2D eigenvalue weighted by Gasteiger charge is -2.23. The van der Waals surface area contributed by atoms with Crippen LogP contribution in [0.2, 0.25) is 5.02 Å². The Labute approximate surface area is 177 Å². The molecule has 0 radical (unpaired) electrons. The second kappa shape index (κ2) is 7.98. The Bertz CT molecular complexity index is 1120. The molecule has 0 spiro atoms. The van der Waals surface area contributed by atoms with Gasteiger partial charge in [0, 0.05) is 30.3 Å². The number of alkyl halides is 2. The molecule has 1 aliphatic heterocycles. The van der Waals surface area contributed by atoms with Gasteiger partial charge in [-0.3, -0.25) is 9.88 Å². The Hall–Kier alpha value is -2.49. The summed E-state index contributed by atoms with van der Waals surface area (Å²) in [4.78, 5) is 10.7. The van der Waals surface area contributed by atoms with Crippen LogP contribution in [0.15, 0.2) is 36.3 Å². The number of likely N-dealkylation sites (tertiary alicyclic amines) is 1. The first-order chi connectivity index (χ1) is 14.3. The molecule has 1 aliphatic rings. The maximum Gasteiger partial charge on any atom is 0.282 e. The van der Waals surface area contributed by atoms with Crippen molar-refractivity contribution in [3.63, 3.8) is 0 Å². The fourth-order valence-corrected chi connectivity index (χ4v) is 4.14. The highest BCUT2D eigenvalue weighted by atomic mass is 35.5. The van der Waals surface area contributed by atoms with Crippen LogP contribution in [0, 0.1) is 0 Å². The van der Waals surface area contributed by atoms with Crippen LogP contribution in [0.1, 0.15) is 11.9 Å². The molecule has 10 heteroatoms. The van der Waals surface area contributed by atoms with E-state index in [4.69, 9.17) is 22.1 Å². The highest BCUT2D eigenvalue weighted by Gasteiger charge is 2.49. The fraction of sp³-hybridized carbons (Fsp3) is 0.400. The van der Waals surface area contributed by atoms with E-state index in [-0.39, 0.29) is 26.2 Å². The van der Waals surface area contributed by atoms with E-state index in [2.05, 4.69) is 15.3 Å². The van der Waals surface area contributed by atoms with E-state index in [1.165, 1.54) is 0 Å². The lowest BCUT2D eigenvalue weighted by atomic mass is 10.1. The van der Waals surface area contributed by atoms with Crippen molar-refractivity contribution in [2.24, 2.45) is 5.73 Å². The number of fused-ring (bicyclic) bond motifs is 3. The zero-order valence-electron chi connectivity index (χ0n) is 16.7. The summed E-state index contributed by atoms with van der Waals surface area (Å²) in [5.74, 6) is -2.43. The van der Waals surface area contributed by atoms with E-state index in [9.17, 15) is 8.78 Å². The van der Waals surface area contributed by atoms with E-state index >= 15 is 0 Å². The second-order valence-corrected chi connectivity index (χ2v) is 7.99. The summed E-state index contributed by atoms with van der Waals surface area (Å²) in [6, 6.07) is 4.19. The zero-order chi connectivity index (χ0) is 21.5. The standard InChI is InChI=1S/C20H23ClF2N6O/c1-28-9-17(20(22,23)11-28)29-18(8-25-6-13(24)10-30-2)27-16-7-26-15-4-3-12(21)5-14(15)19(16)29/h3-7,17,25H,8-11,24H2,1-2H3/b13-6-. The first kappa shape index (κ1) is 20.8. The van der Waals surface area contributed by atoms with Gasteiger partial charge in [0.25, 0.3) is 5.92 Å². The molecule has 3 aromatic rings. The van der Waals surface area contributed by atoms with Crippen LogP contribution in [0.4, 0.5) is 8.78 Å². The summed E-state index contributed by atoms with van der Waals surface area (Å²) in [5, 5.41) is 4.26. The van der Waals surface area contributed by atoms with E-state index in [1.807, 2.05) is 0 Å². The lowest BCUT2D eigenvalue weighted by molar-refractivity contribution is -0.0201. The lowest BCUT2D eigenvalue weighted by Crippen LogP contribution is -2.31. The highest BCUT2D eigenvalue weighted by molar-refractivity contribution is 6.31. The molecule has 0 bridgehead atoms. The van der Waals surface area contributed by atoms with Crippen LogP contribution in [0.25, 0.3) is 21.9 Å². The SMILES string of the molecule is COC/C(N)=C/NCc1nc2cnc3ccc(Cl)cc3c2n1C1CN(C)CC1(F)F. The third kappa shape index (κ3) is 3.80. The van der Waals surface area contributed by atoms with Gasteiger partial charge in [0.1, 0.15) is 17.4 Å². The maximum absolute atomic E-state index is 15.0. The molecular weight excluding hydrogens is 414 g/mol. The molecule has 160 valence electrons. The van der Waals surface area contributed by atoms with Crippen molar-refractivity contribution in [1.82, 2.24) is 24.8 Å². The van der Waals surface area contributed by atoms with Crippen molar-refractivity contribution in [2.75, 3.05) is 33.9 Å². The molecule has 0 amide bonds. The third-order valence-corrected chi connectivity index (χ3v) is 5.41. The van der Waals surface area contributed by atoms with E-state index in [0.717, 1.165) is 0 Å². The summed E-state index contributed by atoms with van der Waals surface area (Å²) in [5.41, 5.74) is 8.14. The van der Waals surface area contributed by atoms with Crippen molar-refractivity contribution >= 4 is 33.5 Å². The Morgan fingerprint density at radius 3 is 2.93 bits per heavy atom. The van der Waals surface area contributed by atoms with Crippen molar-refractivity contribution in [3.05, 3.63) is 47.1 Å². The Kier molecular flexibility index (Phi) is 5.52. The van der Waals surface area contributed by atoms with Crippen molar-refractivity contribution in [1.29, 1.82) is 0 Å². The smallest absolute Gasteiger partial charge is 0.282 e. The number of halogens is 3. The van der Waals surface area contributed by atoms with Crippen LogP contribution in [-0.4, -0.2) is 59.2 Å². The number of nitrogens with one attached hydrogen (secondary N) is 1. The monoisotopic (exact) mass is 436 g/mol. The minimum atomic E-state index is -2.91. The van der Waals surface area contributed by atoms with Crippen LogP contribution in [0.5, 0.6) is 0 Å². The number of methoxy groups -OCH3 is 1. The topological polar surface area (TPSA) is 81.2 Å². The molecule has 7 nitrogen and oxygen atoms in total. The van der Waals surface area contributed by atoms with Crippen LogP contribution in [-0.2, 0) is 11.3 Å². The molecule has 0 saturated carbocycles. The van der Waals surface area contributed by atoms with Crippen LogP contribution >= 0.6 is 11.6 Å². The summed E-state index contributed by atoms with van der Waals surface area (Å²) in [6.07, 6.45) is 3.21. The van der Waals surface area contributed by atoms with Gasteiger partial charge < -0.3 is 20.4 Å². The Morgan fingerprint density at radius 1 is 1.43 bits per heavy atom. The van der Waals surface area contributed by atoms with Crippen molar-refractivity contribution < 1.29 is 13.5 Å². The third-order valence-electron chi connectivity index (χ3n) is 5.17. The van der Waals surface area contributed by atoms with Gasteiger partial charge in [0.2, 0.25) is 0 Å². The number of likely N-dealkylation sites (N-methyl/N-ethyl adjacent to an activating group) is 1. The van der Waals surface area contributed by atoms with Gasteiger partial charge in [-0.25, -0.2) is 13.8 Å². The average molecular weight is 437 g/mol. The number of nitrogens with two attached hydrogens (primary N) is 1. The molecule has 1 fully saturated rings. The fourth-order valence-electron chi connectivity index (χ4n) is 3.97. The predicted molar refractivity (Wildman–Crippen MR) is 113 cm³/mol. The van der Waals surface area contributed by atoms with Crippen LogP contribution in [0.3, 0.4) is 0 Å². The molecule has 4 rings (SSSR count). The van der Waals surface area contributed by atoms with Gasteiger partial charge in [0.15, 0.2) is 0 Å². The number of nitrogens with zero attached hydrogens (tertiary/aromatic N) is 4. The molecule has 1 saturated heterocycles. The normalized spacial score (nSPS) is 19.8. The molecule has 3 heterocycles. The Balaban J connectivity index is 1.87. The second-order valence-electron chi connectivity index (χ2n) is 7.56. The predicted octanol–water partition coefficient (Wildman–Crippen LogP) is 2.90. The number of hydrogen-bond acceptors (Lipinski definition) is 6. The number of imidazole rings is 1. The minimum absolute atomic E-state index is 0.206. The molecule has 1 aromatic carbocycles. The van der Waals surface area contributed by atoms with Gasteiger partial charge in [-0.15, -0.1) is 0 Å². The summed E-state index contributed by atoms with van der Waals surface area (Å²) >= 11 is 6.21. The number of aromatic nitrogens is 3. The van der Waals surface area contributed by atoms with Gasteiger partial charge in [-0.1, -0.05) is 11.6 Å². The number of ether oxygens (including phenoxy) is 1. The number of pyridine rings is 1. The quantitative estimate of drug-likeness (QED) is 0.618. The van der Waals surface area contributed by atoms with Crippen molar-refractivity contribution in [3.8, 4) is 0 Å². The zero-order valence-corrected chi connectivity index (χ0v) is 17.5. The van der Waals surface area contributed by atoms with Gasteiger partial charge in [-0.05, 0) is 25.2 Å². The average Bonchev–Trinajstić information content (AvgIpc) is 3.17. The van der Waals surface area contributed by atoms with E-state index in [1.54, 1.807) is 54.2 Å². The number of benzene rings is 1. The van der Waals surface area contributed by atoms with Gasteiger partial charge in [-0.2, -0.15) is 0 Å². The van der Waals surface area contributed by atoms with Crippen LogP contribution < -0.4 is 11.1 Å².